The normalized spacial score (nSPS) is 22.3. The largest absolute Gasteiger partial charge is 0.478 e. The van der Waals surface area contributed by atoms with Gasteiger partial charge in [-0.1, -0.05) is 15.9 Å². The number of carbonyl (C=O) groups excluding carboxylic acids is 1. The Balaban J connectivity index is 2.93. The third-order valence-corrected chi connectivity index (χ3v) is 4.62. The highest BCUT2D eigenvalue weighted by Gasteiger charge is 2.49. The van der Waals surface area contributed by atoms with Gasteiger partial charge in [0.15, 0.2) is 0 Å². The average Bonchev–Trinajstić information content (AvgIpc) is 2.30. The number of halogens is 1. The van der Waals surface area contributed by atoms with Gasteiger partial charge >= 0.3 is 11.9 Å². The Kier molecular flexibility index (Phi) is 5.19. The number of hydrogen-bond donors (Lipinski definition) is 2. The monoisotopic (exact) mass is 349 g/mol. The SMILES string of the molecule is CC(C)=C(C(=O)O)N1C(=O)C(Br)C1SC=CC(=O)O. The van der Waals surface area contributed by atoms with Crippen LogP contribution in [0, 0.1) is 0 Å². The number of allylic oxidation sites excluding steroid dienone is 1. The lowest BCUT2D eigenvalue weighted by molar-refractivity contribution is -0.145. The molecule has 0 aromatic heterocycles. The summed E-state index contributed by atoms with van der Waals surface area (Å²) in [7, 11) is 0. The molecule has 0 spiro atoms. The summed E-state index contributed by atoms with van der Waals surface area (Å²) in [6.45, 7) is 3.21. The second-order valence-electron chi connectivity index (χ2n) is 3.93. The molecule has 2 N–H and O–H groups in total. The molecule has 1 heterocycles. The number of hydrogen-bond acceptors (Lipinski definition) is 4. The maximum atomic E-state index is 11.7. The molecule has 8 heteroatoms. The predicted molar refractivity (Wildman–Crippen MR) is 73.7 cm³/mol. The first kappa shape index (κ1) is 15.8. The van der Waals surface area contributed by atoms with Gasteiger partial charge in [-0.25, -0.2) is 9.59 Å². The fourth-order valence-electron chi connectivity index (χ4n) is 1.53. The standard InChI is InChI=1S/C11H12BrNO5S/c1-5(2)8(11(17)18)13-9(16)7(12)10(13)19-4-3-6(14)15/h3-4,7,10H,1-2H3,(H,14,15)(H,17,18). The number of β-lactam (4-membered cyclic amide) rings is 1. The van der Waals surface area contributed by atoms with Crippen LogP contribution < -0.4 is 0 Å². The molecule has 1 saturated heterocycles. The second-order valence-corrected chi connectivity index (χ2v) is 5.95. The molecule has 0 aromatic rings. The van der Waals surface area contributed by atoms with Gasteiger partial charge in [0.05, 0.1) is 0 Å². The van der Waals surface area contributed by atoms with Crippen molar-refractivity contribution in [3.8, 4) is 0 Å². The van der Waals surface area contributed by atoms with E-state index >= 15 is 0 Å². The Labute approximate surface area is 122 Å². The number of thioether (sulfide) groups is 1. The van der Waals surface area contributed by atoms with Gasteiger partial charge in [-0.3, -0.25) is 9.69 Å². The Morgan fingerprint density at radius 3 is 2.37 bits per heavy atom. The van der Waals surface area contributed by atoms with E-state index in [-0.39, 0.29) is 11.6 Å². The van der Waals surface area contributed by atoms with Crippen molar-refractivity contribution in [3.05, 3.63) is 22.8 Å². The van der Waals surface area contributed by atoms with Crippen LogP contribution in [0.4, 0.5) is 0 Å². The molecule has 0 bridgehead atoms. The summed E-state index contributed by atoms with van der Waals surface area (Å²) >= 11 is 4.23. The average molecular weight is 350 g/mol. The van der Waals surface area contributed by atoms with E-state index in [4.69, 9.17) is 10.2 Å². The van der Waals surface area contributed by atoms with E-state index in [1.165, 1.54) is 5.41 Å². The van der Waals surface area contributed by atoms with Gasteiger partial charge in [0, 0.05) is 6.08 Å². The van der Waals surface area contributed by atoms with E-state index in [0.29, 0.717) is 5.57 Å². The number of aliphatic carboxylic acids is 2. The molecule has 1 rings (SSSR count). The van der Waals surface area contributed by atoms with Crippen molar-refractivity contribution in [1.82, 2.24) is 4.90 Å². The van der Waals surface area contributed by atoms with Crippen LogP contribution in [0.25, 0.3) is 0 Å². The summed E-state index contributed by atoms with van der Waals surface area (Å²) in [5.41, 5.74) is 0.440. The molecule has 0 aliphatic carbocycles. The highest BCUT2D eigenvalue weighted by atomic mass is 79.9. The Hall–Kier alpha value is -1.28. The van der Waals surface area contributed by atoms with E-state index in [1.807, 2.05) is 0 Å². The van der Waals surface area contributed by atoms with E-state index in [0.717, 1.165) is 22.7 Å². The lowest BCUT2D eigenvalue weighted by atomic mass is 10.1. The number of nitrogens with zero attached hydrogens (tertiary/aromatic N) is 1. The van der Waals surface area contributed by atoms with Crippen molar-refractivity contribution >= 4 is 45.5 Å². The number of rotatable bonds is 5. The van der Waals surface area contributed by atoms with E-state index in [1.54, 1.807) is 13.8 Å². The van der Waals surface area contributed by atoms with Crippen LogP contribution in [0.2, 0.25) is 0 Å². The van der Waals surface area contributed by atoms with E-state index in [2.05, 4.69) is 15.9 Å². The van der Waals surface area contributed by atoms with Crippen molar-refractivity contribution in [3.63, 3.8) is 0 Å². The third-order valence-electron chi connectivity index (χ3n) is 2.32. The Morgan fingerprint density at radius 2 is 1.95 bits per heavy atom. The number of carbonyl (C=O) groups is 3. The van der Waals surface area contributed by atoms with Crippen molar-refractivity contribution in [2.75, 3.05) is 0 Å². The Bertz CT molecular complexity index is 483. The van der Waals surface area contributed by atoms with Gasteiger partial charge in [-0.05, 0) is 24.8 Å². The number of carboxylic acid groups (broad SMARTS) is 2. The second kappa shape index (κ2) is 6.25. The lowest BCUT2D eigenvalue weighted by Gasteiger charge is -2.43. The van der Waals surface area contributed by atoms with Crippen LogP contribution in [0.3, 0.4) is 0 Å². The van der Waals surface area contributed by atoms with Gasteiger partial charge in [0.25, 0.3) is 0 Å². The number of amides is 1. The minimum absolute atomic E-state index is 0.0677. The molecule has 2 unspecified atom stereocenters. The van der Waals surface area contributed by atoms with Gasteiger partial charge in [0.2, 0.25) is 5.91 Å². The molecule has 1 aliphatic heterocycles. The summed E-state index contributed by atoms with van der Waals surface area (Å²) in [6.07, 6.45) is 0.939. The summed E-state index contributed by atoms with van der Waals surface area (Å²) in [5, 5.41) is 18.5. The van der Waals surface area contributed by atoms with Crippen LogP contribution in [0.1, 0.15) is 13.8 Å². The maximum Gasteiger partial charge on any atom is 0.352 e. The quantitative estimate of drug-likeness (QED) is 0.445. The predicted octanol–water partition coefficient (Wildman–Crippen LogP) is 1.63. The topological polar surface area (TPSA) is 94.9 Å². The minimum Gasteiger partial charge on any atom is -0.478 e. The van der Waals surface area contributed by atoms with Crippen LogP contribution in [0.5, 0.6) is 0 Å². The molecule has 1 amide bonds. The summed E-state index contributed by atoms with van der Waals surface area (Å²) in [5.74, 6) is -2.63. The van der Waals surface area contributed by atoms with Gasteiger partial charge < -0.3 is 10.2 Å². The van der Waals surface area contributed by atoms with Crippen molar-refractivity contribution in [2.45, 2.75) is 24.0 Å². The minimum atomic E-state index is -1.18. The Morgan fingerprint density at radius 1 is 1.37 bits per heavy atom. The molecule has 0 saturated carbocycles. The molecular formula is C11H12BrNO5S. The first-order valence-electron chi connectivity index (χ1n) is 5.20. The van der Waals surface area contributed by atoms with Gasteiger partial charge in [-0.2, -0.15) is 0 Å². The van der Waals surface area contributed by atoms with Crippen LogP contribution in [-0.2, 0) is 14.4 Å². The van der Waals surface area contributed by atoms with Gasteiger partial charge in [-0.15, -0.1) is 11.8 Å². The third kappa shape index (κ3) is 3.38. The molecule has 6 nitrogen and oxygen atoms in total. The highest BCUT2D eigenvalue weighted by molar-refractivity contribution is 9.10. The van der Waals surface area contributed by atoms with Crippen LogP contribution in [-0.4, -0.2) is 43.2 Å². The number of carboxylic acids is 2. The van der Waals surface area contributed by atoms with Crippen molar-refractivity contribution < 1.29 is 24.6 Å². The van der Waals surface area contributed by atoms with Crippen molar-refractivity contribution in [1.29, 1.82) is 0 Å². The van der Waals surface area contributed by atoms with Gasteiger partial charge in [0.1, 0.15) is 15.9 Å². The molecule has 1 aliphatic rings. The van der Waals surface area contributed by atoms with E-state index < -0.39 is 22.1 Å². The number of alkyl halides is 1. The summed E-state index contributed by atoms with van der Waals surface area (Å²) < 4.78 is 0. The van der Waals surface area contributed by atoms with E-state index in [9.17, 15) is 14.4 Å². The smallest absolute Gasteiger partial charge is 0.352 e. The van der Waals surface area contributed by atoms with Crippen molar-refractivity contribution in [2.24, 2.45) is 0 Å². The zero-order valence-electron chi connectivity index (χ0n) is 10.2. The maximum absolute atomic E-state index is 11.7. The molecule has 2 atom stereocenters. The number of likely N-dealkylation sites (tertiary alicyclic amines) is 1. The molecule has 19 heavy (non-hydrogen) atoms. The van der Waals surface area contributed by atoms with Crippen LogP contribution >= 0.6 is 27.7 Å². The first-order chi connectivity index (χ1) is 8.77. The summed E-state index contributed by atoms with van der Waals surface area (Å²) in [4.78, 5) is 33.9. The zero-order chi connectivity index (χ0) is 14.7. The fourth-order valence-corrected chi connectivity index (χ4v) is 3.30. The molecule has 104 valence electrons. The fraction of sp³-hybridized carbons (Fsp3) is 0.364. The van der Waals surface area contributed by atoms with Crippen LogP contribution in [0.15, 0.2) is 22.8 Å². The summed E-state index contributed by atoms with van der Waals surface area (Å²) in [6, 6.07) is 0. The molecule has 1 fully saturated rings. The first-order valence-corrected chi connectivity index (χ1v) is 7.06. The zero-order valence-corrected chi connectivity index (χ0v) is 12.6. The molecular weight excluding hydrogens is 338 g/mol. The highest BCUT2D eigenvalue weighted by Crippen LogP contribution is 2.39. The molecule has 0 aromatic carbocycles. The lowest BCUT2D eigenvalue weighted by Crippen LogP contribution is -2.60. The molecule has 0 radical (unpaired) electrons.